The van der Waals surface area contributed by atoms with Gasteiger partial charge in [-0.2, -0.15) is 0 Å². The lowest BCUT2D eigenvalue weighted by Crippen LogP contribution is -2.45. The molecule has 2 amide bonds. The third-order valence-corrected chi connectivity index (χ3v) is 4.73. The van der Waals surface area contributed by atoms with Crippen LogP contribution in [0.1, 0.15) is 33.6 Å². The van der Waals surface area contributed by atoms with E-state index in [0.29, 0.717) is 25.3 Å². The Bertz CT molecular complexity index is 837. The third-order valence-electron chi connectivity index (χ3n) is 4.13. The Morgan fingerprint density at radius 3 is 2.53 bits per heavy atom. The van der Waals surface area contributed by atoms with Crippen LogP contribution in [-0.2, 0) is 9.53 Å². The van der Waals surface area contributed by atoms with Crippen molar-refractivity contribution in [1.29, 1.82) is 0 Å². The summed E-state index contributed by atoms with van der Waals surface area (Å²) in [5.41, 5.74) is 0.155. The zero-order chi connectivity index (χ0) is 24.5. The zero-order valence-corrected chi connectivity index (χ0v) is 21.0. The molecule has 7 nitrogen and oxygen atoms in total. The van der Waals surface area contributed by atoms with Gasteiger partial charge in [-0.3, -0.25) is 4.79 Å². The van der Waals surface area contributed by atoms with E-state index >= 15 is 0 Å². The van der Waals surface area contributed by atoms with E-state index in [1.807, 2.05) is 19.0 Å². The van der Waals surface area contributed by atoms with Gasteiger partial charge in [0.25, 0.3) is 0 Å². The minimum Gasteiger partial charge on any atom is -0.490 e. The SMILES string of the molecule is C=CC(=C)CC[C@H](NC(=O)OC(C)(C)C)C(=O)Nc1cc(F)c(Br)cc1OCCN(C)C. The summed E-state index contributed by atoms with van der Waals surface area (Å²) in [5, 5.41) is 5.24. The zero-order valence-electron chi connectivity index (χ0n) is 19.4. The van der Waals surface area contributed by atoms with Crippen LogP contribution < -0.4 is 15.4 Å². The number of hydrogen-bond donors (Lipinski definition) is 2. The van der Waals surface area contributed by atoms with Crippen molar-refractivity contribution in [1.82, 2.24) is 10.2 Å². The number of ether oxygens (including phenoxy) is 2. The van der Waals surface area contributed by atoms with Gasteiger partial charge >= 0.3 is 6.09 Å². The average molecular weight is 514 g/mol. The summed E-state index contributed by atoms with van der Waals surface area (Å²) >= 11 is 3.13. The number of halogens is 2. The summed E-state index contributed by atoms with van der Waals surface area (Å²) in [6.45, 7) is 13.6. The van der Waals surface area contributed by atoms with Crippen molar-refractivity contribution in [3.8, 4) is 5.75 Å². The second-order valence-corrected chi connectivity index (χ2v) is 9.36. The molecule has 0 aliphatic carbocycles. The highest BCUT2D eigenvalue weighted by molar-refractivity contribution is 9.10. The van der Waals surface area contributed by atoms with E-state index in [-0.39, 0.29) is 16.6 Å². The molecule has 32 heavy (non-hydrogen) atoms. The Kier molecular flexibility index (Phi) is 10.9. The van der Waals surface area contributed by atoms with Crippen molar-refractivity contribution in [2.75, 3.05) is 32.6 Å². The van der Waals surface area contributed by atoms with Crippen molar-refractivity contribution >= 4 is 33.6 Å². The Hall–Kier alpha value is -2.39. The summed E-state index contributed by atoms with van der Waals surface area (Å²) in [4.78, 5) is 27.2. The first-order valence-corrected chi connectivity index (χ1v) is 11.0. The molecule has 0 aromatic heterocycles. The van der Waals surface area contributed by atoms with Crippen LogP contribution in [0.5, 0.6) is 5.75 Å². The normalized spacial score (nSPS) is 12.1. The minimum absolute atomic E-state index is 0.160. The summed E-state index contributed by atoms with van der Waals surface area (Å²) in [6.07, 6.45) is 1.54. The maximum absolute atomic E-state index is 14.2. The molecule has 0 saturated heterocycles. The van der Waals surface area contributed by atoms with Gasteiger partial charge in [0.1, 0.15) is 29.8 Å². The molecule has 9 heteroatoms. The second-order valence-electron chi connectivity index (χ2n) is 8.50. The molecule has 0 bridgehead atoms. The van der Waals surface area contributed by atoms with E-state index in [9.17, 15) is 14.0 Å². The lowest BCUT2D eigenvalue weighted by atomic mass is 10.1. The minimum atomic E-state index is -0.942. The molecule has 1 atom stereocenters. The molecule has 0 aliphatic rings. The molecule has 0 heterocycles. The Balaban J connectivity index is 3.05. The molecule has 0 spiro atoms. The van der Waals surface area contributed by atoms with Gasteiger partial charge in [0.15, 0.2) is 0 Å². The summed E-state index contributed by atoms with van der Waals surface area (Å²) in [7, 11) is 3.80. The van der Waals surface area contributed by atoms with Crippen molar-refractivity contribution < 1.29 is 23.5 Å². The van der Waals surface area contributed by atoms with Crippen molar-refractivity contribution in [3.05, 3.63) is 47.2 Å². The number of allylic oxidation sites excluding steroid dienone is 2. The molecule has 0 fully saturated rings. The van der Waals surface area contributed by atoms with Gasteiger partial charge < -0.3 is 25.0 Å². The van der Waals surface area contributed by atoms with E-state index < -0.39 is 29.5 Å². The van der Waals surface area contributed by atoms with E-state index in [1.165, 1.54) is 12.1 Å². The Morgan fingerprint density at radius 2 is 1.97 bits per heavy atom. The second kappa shape index (κ2) is 12.6. The predicted molar refractivity (Wildman–Crippen MR) is 129 cm³/mol. The first-order chi connectivity index (χ1) is 14.8. The van der Waals surface area contributed by atoms with Gasteiger partial charge in [-0.05, 0) is 69.7 Å². The number of carbonyl (C=O) groups is 2. The van der Waals surface area contributed by atoms with Crippen LogP contribution in [0.25, 0.3) is 0 Å². The lowest BCUT2D eigenvalue weighted by Gasteiger charge is -2.24. The number of amides is 2. The summed E-state index contributed by atoms with van der Waals surface area (Å²) in [6, 6.07) is 1.68. The number of nitrogens with one attached hydrogen (secondary N) is 2. The van der Waals surface area contributed by atoms with Crippen molar-refractivity contribution in [2.45, 2.75) is 45.3 Å². The van der Waals surface area contributed by atoms with Crippen LogP contribution >= 0.6 is 15.9 Å². The van der Waals surface area contributed by atoms with E-state index in [4.69, 9.17) is 9.47 Å². The van der Waals surface area contributed by atoms with Crippen LogP contribution in [0, 0.1) is 5.82 Å². The number of likely N-dealkylation sites (N-methyl/N-ethyl adjacent to an activating group) is 1. The predicted octanol–water partition coefficient (Wildman–Crippen LogP) is 4.88. The fourth-order valence-electron chi connectivity index (χ4n) is 2.45. The molecular formula is C23H33BrFN3O4. The van der Waals surface area contributed by atoms with Crippen LogP contribution in [-0.4, -0.2) is 55.8 Å². The molecule has 1 rings (SSSR count). The highest BCUT2D eigenvalue weighted by Gasteiger charge is 2.25. The molecule has 1 aromatic carbocycles. The standard InChI is InChI=1S/C23H33BrFN3O4/c1-8-15(2)9-10-18(27-22(30)32-23(3,4)5)21(29)26-19-14-17(25)16(24)13-20(19)31-12-11-28(6)7/h8,13-14,18H,1-2,9-12H2,3-7H3,(H,26,29)(H,27,30)/t18-/m0/s1. The number of anilines is 1. The molecule has 1 aromatic rings. The number of carbonyl (C=O) groups excluding carboxylic acids is 2. The van der Waals surface area contributed by atoms with Crippen LogP contribution in [0.4, 0.5) is 14.9 Å². The molecule has 178 valence electrons. The monoisotopic (exact) mass is 513 g/mol. The summed E-state index contributed by atoms with van der Waals surface area (Å²) in [5.74, 6) is -0.788. The number of alkyl carbamates (subject to hydrolysis) is 1. The molecule has 0 unspecified atom stereocenters. The highest BCUT2D eigenvalue weighted by atomic mass is 79.9. The first kappa shape index (κ1) is 27.6. The molecule has 0 saturated carbocycles. The number of nitrogens with zero attached hydrogens (tertiary/aromatic N) is 1. The molecular weight excluding hydrogens is 481 g/mol. The topological polar surface area (TPSA) is 79.9 Å². The number of benzene rings is 1. The van der Waals surface area contributed by atoms with E-state index in [1.54, 1.807) is 26.8 Å². The Labute approximate surface area is 198 Å². The van der Waals surface area contributed by atoms with Gasteiger partial charge in [0, 0.05) is 12.6 Å². The molecule has 2 N–H and O–H groups in total. The number of hydrogen-bond acceptors (Lipinski definition) is 5. The number of rotatable bonds is 11. The van der Waals surface area contributed by atoms with E-state index in [0.717, 1.165) is 5.57 Å². The largest absolute Gasteiger partial charge is 0.490 e. The van der Waals surface area contributed by atoms with Crippen LogP contribution in [0.15, 0.2) is 41.4 Å². The third kappa shape index (κ3) is 10.3. The first-order valence-electron chi connectivity index (χ1n) is 10.2. The maximum Gasteiger partial charge on any atom is 0.408 e. The van der Waals surface area contributed by atoms with Crippen molar-refractivity contribution in [3.63, 3.8) is 0 Å². The highest BCUT2D eigenvalue weighted by Crippen LogP contribution is 2.31. The fourth-order valence-corrected chi connectivity index (χ4v) is 2.78. The summed E-state index contributed by atoms with van der Waals surface area (Å²) < 4.78 is 25.4. The van der Waals surface area contributed by atoms with Gasteiger partial charge in [-0.1, -0.05) is 24.8 Å². The van der Waals surface area contributed by atoms with E-state index in [2.05, 4.69) is 39.7 Å². The maximum atomic E-state index is 14.2. The lowest BCUT2D eigenvalue weighted by molar-refractivity contribution is -0.118. The molecule has 0 aliphatic heterocycles. The van der Waals surface area contributed by atoms with Crippen LogP contribution in [0.2, 0.25) is 0 Å². The van der Waals surface area contributed by atoms with Crippen LogP contribution in [0.3, 0.4) is 0 Å². The average Bonchev–Trinajstić information content (AvgIpc) is 2.66. The van der Waals surface area contributed by atoms with Crippen molar-refractivity contribution in [2.24, 2.45) is 0 Å². The van der Waals surface area contributed by atoms with Gasteiger partial charge in [-0.15, -0.1) is 0 Å². The van der Waals surface area contributed by atoms with Gasteiger partial charge in [0.2, 0.25) is 5.91 Å². The smallest absolute Gasteiger partial charge is 0.408 e. The fraction of sp³-hybridized carbons (Fsp3) is 0.478. The van der Waals surface area contributed by atoms with Gasteiger partial charge in [-0.25, -0.2) is 9.18 Å². The Morgan fingerprint density at radius 1 is 1.31 bits per heavy atom. The quantitative estimate of drug-likeness (QED) is 0.412. The molecule has 0 radical (unpaired) electrons. The van der Waals surface area contributed by atoms with Gasteiger partial charge in [0.05, 0.1) is 10.2 Å².